The second kappa shape index (κ2) is 8.95. The minimum absolute atomic E-state index is 0.00989. The number of carbonyl (C=O) groups excluding carboxylic acids is 1. The first-order chi connectivity index (χ1) is 16.4. The summed E-state index contributed by atoms with van der Waals surface area (Å²) in [4.78, 5) is 33.2. The number of sulfonamides is 1. The number of nitrogens with one attached hydrogen (secondary N) is 3. The molecule has 4 aromatic rings. The maximum atomic E-state index is 12.9. The van der Waals surface area contributed by atoms with Crippen molar-refractivity contribution < 1.29 is 13.2 Å². The largest absolute Gasteiger partial charge is 0.352 e. The number of H-pyrrole nitrogens is 1. The summed E-state index contributed by atoms with van der Waals surface area (Å²) in [6.07, 6.45) is 3.33. The number of hydrogen-bond donors (Lipinski definition) is 4. The topological polar surface area (TPSA) is 152 Å². The fraction of sp³-hybridized carbons (Fsp3) is 0.261. The highest BCUT2D eigenvalue weighted by atomic mass is 32.2. The van der Waals surface area contributed by atoms with Crippen molar-refractivity contribution in [3.05, 3.63) is 57.4 Å². The van der Waals surface area contributed by atoms with E-state index in [0.29, 0.717) is 33.6 Å². The molecule has 0 aromatic carbocycles. The lowest BCUT2D eigenvalue weighted by atomic mass is 10.1. The minimum Gasteiger partial charge on any atom is -0.352 e. The number of pyridine rings is 2. The van der Waals surface area contributed by atoms with Crippen LogP contribution < -0.4 is 21.3 Å². The van der Waals surface area contributed by atoms with E-state index in [0.717, 1.165) is 28.3 Å². The summed E-state index contributed by atoms with van der Waals surface area (Å²) in [5.74, 6) is -0.343. The average molecular weight is 515 g/mol. The van der Waals surface area contributed by atoms with Crippen LogP contribution in [0.4, 0.5) is 11.4 Å². The number of amides is 1. The molecule has 0 spiro atoms. The number of aryl methyl sites for hydroxylation is 3. The van der Waals surface area contributed by atoms with Gasteiger partial charge in [-0.15, -0.1) is 11.3 Å². The Bertz CT molecular complexity index is 1630. The predicted octanol–water partition coefficient (Wildman–Crippen LogP) is 3.06. The Hall–Kier alpha value is -3.48. The number of fused-ring (bicyclic) bond motifs is 1. The highest BCUT2D eigenvalue weighted by molar-refractivity contribution is 7.91. The van der Waals surface area contributed by atoms with Crippen molar-refractivity contribution in [2.45, 2.75) is 31.9 Å². The number of nitrogens with two attached hydrogens (primary N) is 1. The van der Waals surface area contributed by atoms with E-state index in [4.69, 9.17) is 5.14 Å². The van der Waals surface area contributed by atoms with Crippen LogP contribution in [0.2, 0.25) is 0 Å². The van der Waals surface area contributed by atoms with Crippen LogP contribution in [0.15, 0.2) is 33.5 Å². The van der Waals surface area contributed by atoms with Crippen LogP contribution in [0.25, 0.3) is 21.3 Å². The monoisotopic (exact) mass is 514 g/mol. The second-order valence-corrected chi connectivity index (χ2v) is 11.0. The first-order valence-electron chi connectivity index (χ1n) is 10.8. The molecule has 12 heteroatoms. The summed E-state index contributed by atoms with van der Waals surface area (Å²) < 4.78 is 26.2. The summed E-state index contributed by atoms with van der Waals surface area (Å²) >= 11 is 1.01. The molecule has 5 N–H and O–H groups in total. The van der Waals surface area contributed by atoms with Gasteiger partial charge in [0.2, 0.25) is 10.0 Å². The molecule has 4 rings (SSSR count). The molecule has 0 aliphatic rings. The number of thiophene rings is 1. The van der Waals surface area contributed by atoms with Crippen molar-refractivity contribution in [3.8, 4) is 10.4 Å². The molecule has 0 aliphatic heterocycles. The molecule has 184 valence electrons. The van der Waals surface area contributed by atoms with Gasteiger partial charge in [0.15, 0.2) is 0 Å². The van der Waals surface area contributed by atoms with Crippen LogP contribution >= 0.6 is 11.3 Å². The van der Waals surface area contributed by atoms with Crippen LogP contribution in [0, 0.1) is 20.8 Å². The van der Waals surface area contributed by atoms with Crippen molar-refractivity contribution in [2.75, 3.05) is 11.9 Å². The van der Waals surface area contributed by atoms with Crippen molar-refractivity contribution >= 4 is 49.5 Å². The van der Waals surface area contributed by atoms with E-state index in [-0.39, 0.29) is 26.9 Å². The summed E-state index contributed by atoms with van der Waals surface area (Å²) in [6.45, 7) is 7.69. The van der Waals surface area contributed by atoms with Crippen LogP contribution in [0.3, 0.4) is 0 Å². The van der Waals surface area contributed by atoms with Gasteiger partial charge in [0, 0.05) is 42.5 Å². The van der Waals surface area contributed by atoms with E-state index in [9.17, 15) is 18.0 Å². The van der Waals surface area contributed by atoms with E-state index < -0.39 is 10.0 Å². The van der Waals surface area contributed by atoms with Gasteiger partial charge in [-0.3, -0.25) is 14.6 Å². The van der Waals surface area contributed by atoms with Gasteiger partial charge in [0.1, 0.15) is 15.4 Å². The lowest BCUT2D eigenvalue weighted by Gasteiger charge is -2.14. The normalized spacial score (nSPS) is 11.7. The second-order valence-electron chi connectivity index (χ2n) is 8.27. The number of nitrogens with zero attached hydrogens (tertiary/aromatic N) is 2. The van der Waals surface area contributed by atoms with E-state index in [1.54, 1.807) is 39.4 Å². The first kappa shape index (κ1) is 24.6. The number of rotatable bonds is 6. The fourth-order valence-corrected chi connectivity index (χ4v) is 6.27. The standard InChI is InChI=1S/C23H26N6O4S2/c1-6-25-21(30)16-9-14-15(10-29(5)22(31)19(14)27-16)20-18(12(3)23(34-20)35(24,32)33)28-17-11(2)7-8-26-13(17)4/h7-10,27-28H,6H2,1-5H3,(H,25,30)(H2,24,32,33). The highest BCUT2D eigenvalue weighted by Gasteiger charge is 2.26. The van der Waals surface area contributed by atoms with Crippen LogP contribution in [-0.4, -0.2) is 35.4 Å². The summed E-state index contributed by atoms with van der Waals surface area (Å²) in [7, 11) is -2.42. The van der Waals surface area contributed by atoms with Crippen molar-refractivity contribution in [1.82, 2.24) is 19.9 Å². The lowest BCUT2D eigenvalue weighted by Crippen LogP contribution is -2.23. The van der Waals surface area contributed by atoms with E-state index in [1.165, 1.54) is 4.57 Å². The fourth-order valence-electron chi connectivity index (χ4n) is 4.01. The molecular weight excluding hydrogens is 488 g/mol. The number of anilines is 2. The van der Waals surface area contributed by atoms with Gasteiger partial charge in [0.05, 0.1) is 21.9 Å². The van der Waals surface area contributed by atoms with E-state index >= 15 is 0 Å². The van der Waals surface area contributed by atoms with Crippen molar-refractivity contribution in [2.24, 2.45) is 12.2 Å². The minimum atomic E-state index is -4.02. The maximum absolute atomic E-state index is 12.9. The average Bonchev–Trinajstić information content (AvgIpc) is 3.36. The van der Waals surface area contributed by atoms with Crippen LogP contribution in [0.5, 0.6) is 0 Å². The first-order valence-corrected chi connectivity index (χ1v) is 13.2. The Kier molecular flexibility index (Phi) is 6.30. The SMILES string of the molecule is CCNC(=O)c1cc2c(-c3sc(S(N)(=O)=O)c(C)c3Nc3c(C)ccnc3C)cn(C)c(=O)c2[nH]1. The quantitative estimate of drug-likeness (QED) is 0.310. The van der Waals surface area contributed by atoms with E-state index in [1.807, 2.05) is 19.9 Å². The number of aromatic amines is 1. The summed E-state index contributed by atoms with van der Waals surface area (Å²) in [5.41, 5.74) is 4.16. The van der Waals surface area contributed by atoms with Crippen LogP contribution in [0.1, 0.15) is 34.2 Å². The lowest BCUT2D eigenvalue weighted by molar-refractivity contribution is 0.0951. The third-order valence-electron chi connectivity index (χ3n) is 5.75. The number of carbonyl (C=O) groups is 1. The molecule has 10 nitrogen and oxygen atoms in total. The van der Waals surface area contributed by atoms with E-state index in [2.05, 4.69) is 20.6 Å². The molecule has 0 atom stereocenters. The zero-order chi connectivity index (χ0) is 25.7. The van der Waals surface area contributed by atoms with Crippen LogP contribution in [-0.2, 0) is 17.1 Å². The Morgan fingerprint density at radius 2 is 1.97 bits per heavy atom. The van der Waals surface area contributed by atoms with Gasteiger partial charge >= 0.3 is 0 Å². The third kappa shape index (κ3) is 4.35. The van der Waals surface area contributed by atoms with Gasteiger partial charge < -0.3 is 20.2 Å². The van der Waals surface area contributed by atoms with Gasteiger partial charge in [-0.2, -0.15) is 0 Å². The molecule has 0 bridgehead atoms. The molecule has 0 saturated carbocycles. The van der Waals surface area contributed by atoms with Crippen molar-refractivity contribution in [3.63, 3.8) is 0 Å². The van der Waals surface area contributed by atoms with Gasteiger partial charge in [-0.25, -0.2) is 13.6 Å². The smallest absolute Gasteiger partial charge is 0.274 e. The Morgan fingerprint density at radius 1 is 1.26 bits per heavy atom. The molecule has 35 heavy (non-hydrogen) atoms. The maximum Gasteiger partial charge on any atom is 0.274 e. The number of hydrogen-bond acceptors (Lipinski definition) is 7. The summed E-state index contributed by atoms with van der Waals surface area (Å²) in [5, 5.41) is 12.1. The van der Waals surface area contributed by atoms with Gasteiger partial charge in [0.25, 0.3) is 11.5 Å². The van der Waals surface area contributed by atoms with Gasteiger partial charge in [-0.1, -0.05) is 0 Å². The predicted molar refractivity (Wildman–Crippen MR) is 138 cm³/mol. The number of aromatic nitrogens is 3. The Morgan fingerprint density at radius 3 is 2.60 bits per heavy atom. The molecule has 0 radical (unpaired) electrons. The highest BCUT2D eigenvalue weighted by Crippen LogP contribution is 2.46. The molecule has 1 amide bonds. The Labute approximate surface area is 206 Å². The zero-order valence-corrected chi connectivity index (χ0v) is 21.6. The van der Waals surface area contributed by atoms with Gasteiger partial charge in [-0.05, 0) is 45.4 Å². The zero-order valence-electron chi connectivity index (χ0n) is 19.9. The molecule has 0 aliphatic carbocycles. The molecule has 0 saturated heterocycles. The molecule has 0 fully saturated rings. The molecular formula is C23H26N6O4S2. The third-order valence-corrected chi connectivity index (χ3v) is 8.64. The molecule has 4 aromatic heterocycles. The number of primary sulfonamides is 1. The Balaban J connectivity index is 2.04. The van der Waals surface area contributed by atoms with Crippen molar-refractivity contribution in [1.29, 1.82) is 0 Å². The summed E-state index contributed by atoms with van der Waals surface area (Å²) in [6, 6.07) is 3.46. The molecule has 4 heterocycles. The molecule has 0 unspecified atom stereocenters.